The Hall–Kier alpha value is -2.09. The molecule has 0 aromatic heterocycles. The fraction of sp³-hybridized carbons (Fsp3) is 0.467. The molecule has 0 spiro atoms. The number of ether oxygens (including phenoxy) is 1. The van der Waals surface area contributed by atoms with Crippen LogP contribution in [0.2, 0.25) is 0 Å². The van der Waals surface area contributed by atoms with Crippen LogP contribution >= 0.6 is 0 Å². The van der Waals surface area contributed by atoms with E-state index in [0.717, 1.165) is 5.56 Å². The maximum atomic E-state index is 12.8. The van der Waals surface area contributed by atoms with Crippen LogP contribution < -0.4 is 0 Å². The molecule has 1 aromatic rings. The summed E-state index contributed by atoms with van der Waals surface area (Å²) in [6.07, 6.45) is -0.224. The number of nitrogens with zero attached hydrogens (tertiary/aromatic N) is 2. The van der Waals surface area contributed by atoms with Gasteiger partial charge in [0.05, 0.1) is 6.07 Å². The van der Waals surface area contributed by atoms with Gasteiger partial charge in [-0.1, -0.05) is 12.1 Å². The quantitative estimate of drug-likeness (QED) is 0.853. The van der Waals surface area contributed by atoms with Gasteiger partial charge in [-0.05, 0) is 38.5 Å². The number of benzene rings is 1. The van der Waals surface area contributed by atoms with Crippen LogP contribution in [0.3, 0.4) is 0 Å². The molecule has 5 heteroatoms. The second-order valence-corrected chi connectivity index (χ2v) is 5.57. The fourth-order valence-electron chi connectivity index (χ4n) is 1.57. The molecule has 0 aliphatic heterocycles. The Bertz CT molecular complexity index is 500. The molecule has 0 saturated heterocycles. The summed E-state index contributed by atoms with van der Waals surface area (Å²) in [7, 11) is 1.52. The van der Waals surface area contributed by atoms with Crippen LogP contribution in [0.5, 0.6) is 0 Å². The molecule has 0 radical (unpaired) electrons. The number of rotatable bonds is 3. The smallest absolute Gasteiger partial charge is 0.411 e. The molecule has 0 aliphatic carbocycles. The van der Waals surface area contributed by atoms with Gasteiger partial charge in [0.25, 0.3) is 0 Å². The lowest BCUT2D eigenvalue weighted by Crippen LogP contribution is -2.41. The van der Waals surface area contributed by atoms with Gasteiger partial charge in [-0.3, -0.25) is 4.90 Å². The zero-order chi connectivity index (χ0) is 15.3. The van der Waals surface area contributed by atoms with Gasteiger partial charge < -0.3 is 4.74 Å². The number of carbonyl (C=O) groups is 1. The third-order valence-electron chi connectivity index (χ3n) is 2.64. The lowest BCUT2D eigenvalue weighted by molar-refractivity contribution is 0.0260. The molecule has 20 heavy (non-hydrogen) atoms. The first-order chi connectivity index (χ1) is 9.23. The van der Waals surface area contributed by atoms with Crippen molar-refractivity contribution in [1.29, 1.82) is 5.26 Å². The van der Waals surface area contributed by atoms with E-state index in [1.54, 1.807) is 32.9 Å². The fourth-order valence-corrected chi connectivity index (χ4v) is 1.57. The first-order valence-electron chi connectivity index (χ1n) is 6.33. The van der Waals surface area contributed by atoms with Crippen molar-refractivity contribution in [2.45, 2.75) is 38.8 Å². The van der Waals surface area contributed by atoms with E-state index in [-0.39, 0.29) is 5.82 Å². The van der Waals surface area contributed by atoms with Gasteiger partial charge in [-0.15, -0.1) is 0 Å². The van der Waals surface area contributed by atoms with Crippen molar-refractivity contribution in [3.05, 3.63) is 35.6 Å². The van der Waals surface area contributed by atoms with E-state index in [4.69, 9.17) is 4.74 Å². The Morgan fingerprint density at radius 2 is 1.95 bits per heavy atom. The van der Waals surface area contributed by atoms with Gasteiger partial charge >= 0.3 is 6.09 Å². The predicted octanol–water partition coefficient (Wildman–Crippen LogP) is 3.13. The lowest BCUT2D eigenvalue weighted by Gasteiger charge is -2.27. The molecule has 1 aromatic carbocycles. The summed E-state index contributed by atoms with van der Waals surface area (Å²) in [5, 5.41) is 9.19. The summed E-state index contributed by atoms with van der Waals surface area (Å²) in [6.45, 7) is 5.29. The number of nitriles is 1. The van der Waals surface area contributed by atoms with Crippen molar-refractivity contribution in [3.8, 4) is 6.07 Å². The summed E-state index contributed by atoms with van der Waals surface area (Å²) >= 11 is 0. The zero-order valence-electron chi connectivity index (χ0n) is 12.2. The first kappa shape index (κ1) is 16.0. The third kappa shape index (κ3) is 4.88. The Morgan fingerprint density at radius 3 is 2.40 bits per heavy atom. The van der Waals surface area contributed by atoms with Crippen molar-refractivity contribution < 1.29 is 13.9 Å². The van der Waals surface area contributed by atoms with Crippen LogP contribution in [-0.2, 0) is 11.2 Å². The molecule has 4 nitrogen and oxygen atoms in total. The van der Waals surface area contributed by atoms with Gasteiger partial charge in [0.2, 0.25) is 0 Å². The average Bonchev–Trinajstić information content (AvgIpc) is 2.35. The molecule has 0 aliphatic rings. The summed E-state index contributed by atoms with van der Waals surface area (Å²) in [5.74, 6) is -0.331. The number of hydrogen-bond acceptors (Lipinski definition) is 3. The Morgan fingerprint density at radius 1 is 1.40 bits per heavy atom. The van der Waals surface area contributed by atoms with Crippen molar-refractivity contribution in [3.63, 3.8) is 0 Å². The molecule has 1 amide bonds. The minimum absolute atomic E-state index is 0.326. The van der Waals surface area contributed by atoms with Gasteiger partial charge in [0, 0.05) is 13.5 Å². The maximum Gasteiger partial charge on any atom is 0.411 e. The molecule has 0 saturated carbocycles. The van der Waals surface area contributed by atoms with E-state index in [1.165, 1.54) is 24.1 Å². The Balaban J connectivity index is 2.73. The third-order valence-corrected chi connectivity index (χ3v) is 2.64. The van der Waals surface area contributed by atoms with Crippen LogP contribution in [0, 0.1) is 17.1 Å². The second kappa shape index (κ2) is 6.38. The van der Waals surface area contributed by atoms with Crippen LogP contribution in [-0.4, -0.2) is 29.7 Å². The average molecular weight is 278 g/mol. The number of amides is 1. The van der Waals surface area contributed by atoms with E-state index in [9.17, 15) is 14.4 Å². The monoisotopic (exact) mass is 278 g/mol. The molecule has 108 valence electrons. The summed E-state index contributed by atoms with van der Waals surface area (Å²) in [4.78, 5) is 13.2. The number of carbonyl (C=O) groups excluding carboxylic acids is 1. The zero-order valence-corrected chi connectivity index (χ0v) is 12.2. The molecular weight excluding hydrogens is 259 g/mol. The number of hydrogen-bond donors (Lipinski definition) is 0. The highest BCUT2D eigenvalue weighted by molar-refractivity contribution is 5.68. The number of likely N-dealkylation sites (N-methyl/N-ethyl adjacent to an activating group) is 1. The minimum atomic E-state index is -0.657. The van der Waals surface area contributed by atoms with Crippen LogP contribution in [0.25, 0.3) is 0 Å². The van der Waals surface area contributed by atoms with Gasteiger partial charge in [0.1, 0.15) is 17.5 Å². The van der Waals surface area contributed by atoms with Crippen LogP contribution in [0.15, 0.2) is 24.3 Å². The maximum absolute atomic E-state index is 12.8. The minimum Gasteiger partial charge on any atom is -0.444 e. The predicted molar refractivity (Wildman–Crippen MR) is 73.5 cm³/mol. The highest BCUT2D eigenvalue weighted by Gasteiger charge is 2.25. The van der Waals surface area contributed by atoms with E-state index >= 15 is 0 Å². The molecule has 1 atom stereocenters. The van der Waals surface area contributed by atoms with Crippen molar-refractivity contribution >= 4 is 6.09 Å². The SMILES string of the molecule is CN(C(=O)OC(C)(C)C)C(C#N)Cc1ccc(F)cc1. The summed E-state index contributed by atoms with van der Waals surface area (Å²) < 4.78 is 18.0. The highest BCUT2D eigenvalue weighted by Crippen LogP contribution is 2.13. The molecule has 1 unspecified atom stereocenters. The molecule has 0 bridgehead atoms. The summed E-state index contributed by atoms with van der Waals surface area (Å²) in [6, 6.07) is 7.27. The first-order valence-corrected chi connectivity index (χ1v) is 6.33. The van der Waals surface area contributed by atoms with E-state index in [1.807, 2.05) is 0 Å². The Labute approximate surface area is 118 Å². The second-order valence-electron chi connectivity index (χ2n) is 5.57. The van der Waals surface area contributed by atoms with Gasteiger partial charge in [-0.25, -0.2) is 9.18 Å². The highest BCUT2D eigenvalue weighted by atomic mass is 19.1. The molecule has 0 fully saturated rings. The van der Waals surface area contributed by atoms with E-state index in [0.29, 0.717) is 6.42 Å². The van der Waals surface area contributed by atoms with Crippen molar-refractivity contribution in [2.24, 2.45) is 0 Å². The molecule has 0 N–H and O–H groups in total. The topological polar surface area (TPSA) is 53.3 Å². The molecule has 0 heterocycles. The van der Waals surface area contributed by atoms with Crippen LogP contribution in [0.4, 0.5) is 9.18 Å². The van der Waals surface area contributed by atoms with Crippen molar-refractivity contribution in [2.75, 3.05) is 7.05 Å². The van der Waals surface area contributed by atoms with E-state index in [2.05, 4.69) is 6.07 Å². The molecule has 1 rings (SSSR count). The Kier molecular flexibility index (Phi) is 5.09. The van der Waals surface area contributed by atoms with E-state index < -0.39 is 17.7 Å². The standard InChI is InChI=1S/C15H19FN2O2/c1-15(2,3)20-14(19)18(4)13(10-17)9-11-5-7-12(16)8-6-11/h5-8,13H,9H2,1-4H3. The van der Waals surface area contributed by atoms with Crippen molar-refractivity contribution in [1.82, 2.24) is 4.90 Å². The van der Waals surface area contributed by atoms with Gasteiger partial charge in [-0.2, -0.15) is 5.26 Å². The lowest BCUT2D eigenvalue weighted by atomic mass is 10.1. The number of halogens is 1. The normalized spacial score (nSPS) is 12.4. The van der Waals surface area contributed by atoms with Gasteiger partial charge in [0.15, 0.2) is 0 Å². The molecular formula is C15H19FN2O2. The largest absolute Gasteiger partial charge is 0.444 e. The van der Waals surface area contributed by atoms with Crippen LogP contribution in [0.1, 0.15) is 26.3 Å². The summed E-state index contributed by atoms with van der Waals surface area (Å²) in [5.41, 5.74) is 0.176.